The highest BCUT2D eigenvalue weighted by Gasteiger charge is 2.18. The maximum atomic E-state index is 13.1. The third-order valence-electron chi connectivity index (χ3n) is 1.54. The van der Waals surface area contributed by atoms with Crippen molar-refractivity contribution < 1.29 is 13.2 Å². The molecule has 0 fully saturated rings. The Morgan fingerprint density at radius 3 is 2.62 bits per heavy atom. The average molecular weight is 254 g/mol. The van der Waals surface area contributed by atoms with E-state index < -0.39 is 17.9 Å². The molecule has 0 aliphatic rings. The maximum Gasteiger partial charge on any atom is 0.283 e. The smallest absolute Gasteiger partial charge is 0.249 e. The third kappa shape index (κ3) is 2.21. The topological polar surface area (TPSA) is 12.9 Å². The van der Waals surface area contributed by atoms with E-state index in [0.29, 0.717) is 5.69 Å². The molecule has 1 nitrogen and oxygen atoms in total. The number of hydrogen-bond donors (Lipinski definition) is 0. The summed E-state index contributed by atoms with van der Waals surface area (Å²) < 4.78 is 37.5. The van der Waals surface area contributed by atoms with Gasteiger partial charge in [-0.15, -0.1) is 0 Å². The number of aromatic nitrogens is 1. The van der Waals surface area contributed by atoms with E-state index in [1.807, 2.05) is 0 Å². The van der Waals surface area contributed by atoms with Crippen molar-refractivity contribution in [3.05, 3.63) is 28.8 Å². The number of alkyl halides is 3. The number of hydrogen-bond acceptors (Lipinski definition) is 1. The van der Waals surface area contributed by atoms with Crippen LogP contribution < -0.4 is 0 Å². The Balaban J connectivity index is 3.27. The lowest BCUT2D eigenvalue weighted by Crippen LogP contribution is -2.01. The van der Waals surface area contributed by atoms with Crippen molar-refractivity contribution in [1.82, 2.24) is 4.98 Å². The number of pyridine rings is 1. The first-order valence-electron chi connectivity index (χ1n) is 3.56. The summed E-state index contributed by atoms with van der Waals surface area (Å²) in [5.41, 5.74) is -0.164. The lowest BCUT2D eigenvalue weighted by molar-refractivity contribution is 0.140. The second-order valence-electron chi connectivity index (χ2n) is 2.56. The Labute approximate surface area is 82.1 Å². The van der Waals surface area contributed by atoms with Crippen LogP contribution in [0.2, 0.25) is 0 Å². The summed E-state index contributed by atoms with van der Waals surface area (Å²) in [6, 6.07) is 1.44. The molecule has 1 heterocycles. The first kappa shape index (κ1) is 10.5. The van der Waals surface area contributed by atoms with Crippen molar-refractivity contribution in [2.24, 2.45) is 0 Å². The summed E-state index contributed by atoms with van der Waals surface area (Å²) in [6.45, 7) is 1.55. The van der Waals surface area contributed by atoms with Crippen LogP contribution in [0.4, 0.5) is 13.2 Å². The molecule has 0 unspecified atom stereocenters. The van der Waals surface area contributed by atoms with Crippen LogP contribution in [-0.4, -0.2) is 4.98 Å². The van der Waals surface area contributed by atoms with Crippen molar-refractivity contribution in [3.63, 3.8) is 0 Å². The first-order valence-corrected chi connectivity index (χ1v) is 4.68. The van der Waals surface area contributed by atoms with Gasteiger partial charge >= 0.3 is 0 Å². The highest BCUT2D eigenvalue weighted by molar-refractivity contribution is 9.08. The Morgan fingerprint density at radius 1 is 1.54 bits per heavy atom. The summed E-state index contributed by atoms with van der Waals surface area (Å²) >= 11 is 3.01. The molecule has 1 aromatic rings. The average Bonchev–Trinajstić information content (AvgIpc) is 2.08. The molecular formula is C8H7BrF3N. The first-order chi connectivity index (χ1) is 6.06. The van der Waals surface area contributed by atoms with Gasteiger partial charge in [-0.05, 0) is 13.0 Å². The lowest BCUT2D eigenvalue weighted by Gasteiger charge is -2.06. The number of aryl methyl sites for hydroxylation is 1. The third-order valence-corrected chi connectivity index (χ3v) is 2.14. The molecule has 0 saturated carbocycles. The van der Waals surface area contributed by atoms with Gasteiger partial charge in [0.1, 0.15) is 5.69 Å². The monoisotopic (exact) mass is 253 g/mol. The van der Waals surface area contributed by atoms with Crippen molar-refractivity contribution in [1.29, 1.82) is 0 Å². The van der Waals surface area contributed by atoms with Gasteiger partial charge in [-0.2, -0.15) is 0 Å². The SMILES string of the molecule is Cc1cc(CBr)c(F)c(C(F)F)n1. The van der Waals surface area contributed by atoms with Crippen molar-refractivity contribution >= 4 is 15.9 Å². The highest BCUT2D eigenvalue weighted by Crippen LogP contribution is 2.24. The molecule has 0 aliphatic carbocycles. The Hall–Kier alpha value is -0.580. The second-order valence-corrected chi connectivity index (χ2v) is 3.12. The highest BCUT2D eigenvalue weighted by atomic mass is 79.9. The van der Waals surface area contributed by atoms with E-state index in [9.17, 15) is 13.2 Å². The van der Waals surface area contributed by atoms with Crippen LogP contribution in [0, 0.1) is 12.7 Å². The predicted molar refractivity (Wildman–Crippen MR) is 46.5 cm³/mol. The van der Waals surface area contributed by atoms with Crippen LogP contribution in [0.1, 0.15) is 23.4 Å². The van der Waals surface area contributed by atoms with E-state index in [0.717, 1.165) is 0 Å². The van der Waals surface area contributed by atoms with Gasteiger partial charge in [0.15, 0.2) is 5.82 Å². The van der Waals surface area contributed by atoms with Gasteiger partial charge in [0.2, 0.25) is 0 Å². The van der Waals surface area contributed by atoms with E-state index >= 15 is 0 Å². The summed E-state index contributed by atoms with van der Waals surface area (Å²) in [6.07, 6.45) is -2.86. The Morgan fingerprint density at radius 2 is 2.15 bits per heavy atom. The quantitative estimate of drug-likeness (QED) is 0.737. The van der Waals surface area contributed by atoms with Gasteiger partial charge < -0.3 is 0 Å². The fourth-order valence-electron chi connectivity index (χ4n) is 0.993. The number of halogens is 4. The second kappa shape index (κ2) is 4.09. The van der Waals surface area contributed by atoms with Crippen molar-refractivity contribution in [2.75, 3.05) is 0 Å². The minimum atomic E-state index is -2.86. The summed E-state index contributed by atoms with van der Waals surface area (Å²) in [4.78, 5) is 3.43. The standard InChI is InChI=1S/C8H7BrF3N/c1-4-2-5(3-9)6(10)7(13-4)8(11)12/h2,8H,3H2,1H3. The van der Waals surface area contributed by atoms with Crippen LogP contribution >= 0.6 is 15.9 Å². The van der Waals surface area contributed by atoms with Crippen LogP contribution in [0.25, 0.3) is 0 Å². The Bertz CT molecular complexity index is 315. The maximum absolute atomic E-state index is 13.1. The zero-order chi connectivity index (χ0) is 10.0. The van der Waals surface area contributed by atoms with Gasteiger partial charge in [-0.3, -0.25) is 0 Å². The molecule has 1 rings (SSSR count). The molecule has 72 valence electrons. The molecule has 0 aliphatic heterocycles. The molecule has 5 heteroatoms. The van der Waals surface area contributed by atoms with Gasteiger partial charge in [-0.1, -0.05) is 15.9 Å². The largest absolute Gasteiger partial charge is 0.283 e. The minimum Gasteiger partial charge on any atom is -0.249 e. The molecule has 0 atom stereocenters. The zero-order valence-electron chi connectivity index (χ0n) is 6.82. The van der Waals surface area contributed by atoms with E-state index in [1.54, 1.807) is 6.92 Å². The molecule has 0 spiro atoms. The zero-order valence-corrected chi connectivity index (χ0v) is 8.41. The fourth-order valence-corrected chi connectivity index (χ4v) is 1.40. The van der Waals surface area contributed by atoms with Crippen molar-refractivity contribution in [2.45, 2.75) is 18.7 Å². The van der Waals surface area contributed by atoms with E-state index in [4.69, 9.17) is 0 Å². The number of nitrogens with zero attached hydrogens (tertiary/aromatic N) is 1. The molecule has 0 bridgehead atoms. The molecule has 0 N–H and O–H groups in total. The number of rotatable bonds is 2. The van der Waals surface area contributed by atoms with E-state index in [-0.39, 0.29) is 10.9 Å². The van der Waals surface area contributed by atoms with E-state index in [2.05, 4.69) is 20.9 Å². The molecular weight excluding hydrogens is 247 g/mol. The molecule has 0 radical (unpaired) electrons. The predicted octanol–water partition coefficient (Wildman–Crippen LogP) is 3.36. The fraction of sp³-hybridized carbons (Fsp3) is 0.375. The van der Waals surface area contributed by atoms with Gasteiger partial charge in [0, 0.05) is 16.6 Å². The van der Waals surface area contributed by atoms with Gasteiger partial charge in [-0.25, -0.2) is 18.2 Å². The lowest BCUT2D eigenvalue weighted by atomic mass is 10.2. The summed E-state index contributed by atoms with van der Waals surface area (Å²) in [5, 5.41) is 0.210. The summed E-state index contributed by atoms with van der Waals surface area (Å²) in [7, 11) is 0. The normalized spacial score (nSPS) is 10.9. The van der Waals surface area contributed by atoms with Crippen molar-refractivity contribution in [3.8, 4) is 0 Å². The van der Waals surface area contributed by atoms with Gasteiger partial charge in [0.25, 0.3) is 6.43 Å². The molecule has 13 heavy (non-hydrogen) atoms. The van der Waals surface area contributed by atoms with Gasteiger partial charge in [0.05, 0.1) is 0 Å². The Kier molecular flexibility index (Phi) is 3.30. The van der Waals surface area contributed by atoms with Crippen LogP contribution in [0.3, 0.4) is 0 Å². The molecule has 0 aromatic carbocycles. The minimum absolute atomic E-state index is 0.210. The summed E-state index contributed by atoms with van der Waals surface area (Å²) in [5.74, 6) is -0.919. The van der Waals surface area contributed by atoms with Crippen LogP contribution in [0.15, 0.2) is 6.07 Å². The molecule has 1 aromatic heterocycles. The van der Waals surface area contributed by atoms with E-state index in [1.165, 1.54) is 6.07 Å². The van der Waals surface area contributed by atoms with Crippen LogP contribution in [0.5, 0.6) is 0 Å². The molecule has 0 saturated heterocycles. The molecule has 0 amide bonds. The van der Waals surface area contributed by atoms with Crippen LogP contribution in [-0.2, 0) is 5.33 Å².